The van der Waals surface area contributed by atoms with Crippen molar-refractivity contribution in [3.8, 4) is 0 Å². The fourth-order valence-electron chi connectivity index (χ4n) is 2.51. The Labute approximate surface area is 98.3 Å². The molecule has 4 nitrogen and oxygen atoms in total. The lowest BCUT2D eigenvalue weighted by Crippen LogP contribution is -2.56. The molecule has 0 spiro atoms. The third kappa shape index (κ3) is 4.10. The Morgan fingerprint density at radius 2 is 1.94 bits per heavy atom. The molecule has 94 valence electrons. The molecule has 1 fully saturated rings. The van der Waals surface area contributed by atoms with Crippen molar-refractivity contribution in [1.29, 1.82) is 0 Å². The highest BCUT2D eigenvalue weighted by Gasteiger charge is 2.28. The van der Waals surface area contributed by atoms with Crippen molar-refractivity contribution in [2.45, 2.75) is 44.6 Å². The minimum Gasteiger partial charge on any atom is -0.368 e. The zero-order valence-corrected chi connectivity index (χ0v) is 10.5. The van der Waals surface area contributed by atoms with Crippen LogP contribution in [0.2, 0.25) is 0 Å². The number of hydrogen-bond acceptors (Lipinski definition) is 3. The number of hydrogen-bond donors (Lipinski definition) is 2. The highest BCUT2D eigenvalue weighted by molar-refractivity contribution is 5.84. The molecular formula is C12H25N3O. The van der Waals surface area contributed by atoms with Crippen LogP contribution in [0.1, 0.15) is 39.0 Å². The van der Waals surface area contributed by atoms with Gasteiger partial charge in [-0.05, 0) is 32.7 Å². The van der Waals surface area contributed by atoms with Crippen LogP contribution in [-0.4, -0.2) is 36.5 Å². The van der Waals surface area contributed by atoms with Crippen molar-refractivity contribution in [1.82, 2.24) is 4.90 Å². The normalized spacial score (nSPS) is 22.0. The fraction of sp³-hybridized carbons (Fsp3) is 0.917. The maximum Gasteiger partial charge on any atom is 0.238 e. The third-order valence-electron chi connectivity index (χ3n) is 3.46. The van der Waals surface area contributed by atoms with E-state index in [2.05, 4.69) is 4.90 Å². The molecule has 1 unspecified atom stereocenters. The van der Waals surface area contributed by atoms with Crippen molar-refractivity contribution in [2.24, 2.45) is 17.4 Å². The van der Waals surface area contributed by atoms with E-state index in [9.17, 15) is 4.79 Å². The van der Waals surface area contributed by atoms with Crippen molar-refractivity contribution in [3.05, 3.63) is 0 Å². The molecule has 1 rings (SSSR count). The van der Waals surface area contributed by atoms with Crippen LogP contribution in [0.5, 0.6) is 0 Å². The van der Waals surface area contributed by atoms with E-state index < -0.39 is 11.4 Å². The summed E-state index contributed by atoms with van der Waals surface area (Å²) in [6.07, 6.45) is 6.67. The molecule has 1 amide bonds. The van der Waals surface area contributed by atoms with Crippen molar-refractivity contribution >= 4 is 5.91 Å². The molecular weight excluding hydrogens is 202 g/mol. The largest absolute Gasteiger partial charge is 0.368 e. The van der Waals surface area contributed by atoms with E-state index >= 15 is 0 Å². The van der Waals surface area contributed by atoms with Gasteiger partial charge in [0.05, 0.1) is 0 Å². The average molecular weight is 227 g/mol. The molecule has 4 N–H and O–H groups in total. The van der Waals surface area contributed by atoms with E-state index in [1.54, 1.807) is 6.92 Å². The van der Waals surface area contributed by atoms with Crippen molar-refractivity contribution in [3.63, 3.8) is 0 Å². The maximum absolute atomic E-state index is 11.1. The second kappa shape index (κ2) is 5.64. The van der Waals surface area contributed by atoms with E-state index in [0.717, 1.165) is 12.5 Å². The Morgan fingerprint density at radius 3 is 2.44 bits per heavy atom. The lowest BCUT2D eigenvalue weighted by atomic mass is 9.88. The van der Waals surface area contributed by atoms with Crippen LogP contribution < -0.4 is 11.5 Å². The summed E-state index contributed by atoms with van der Waals surface area (Å²) in [6, 6.07) is 0. The van der Waals surface area contributed by atoms with Gasteiger partial charge in [0.1, 0.15) is 5.54 Å². The third-order valence-corrected chi connectivity index (χ3v) is 3.46. The van der Waals surface area contributed by atoms with Gasteiger partial charge in [-0.2, -0.15) is 0 Å². The summed E-state index contributed by atoms with van der Waals surface area (Å²) in [5.41, 5.74) is 10.2. The van der Waals surface area contributed by atoms with Crippen LogP contribution in [0.25, 0.3) is 0 Å². The van der Waals surface area contributed by atoms with Crippen LogP contribution in [0.4, 0.5) is 0 Å². The summed E-state index contributed by atoms with van der Waals surface area (Å²) in [5.74, 6) is 0.338. The zero-order chi connectivity index (χ0) is 12.2. The van der Waals surface area contributed by atoms with E-state index in [-0.39, 0.29) is 0 Å². The lowest BCUT2D eigenvalue weighted by Gasteiger charge is -2.31. The summed E-state index contributed by atoms with van der Waals surface area (Å²) < 4.78 is 0. The Balaban J connectivity index is 2.34. The van der Waals surface area contributed by atoms with Gasteiger partial charge in [-0.25, -0.2) is 0 Å². The van der Waals surface area contributed by atoms with E-state index in [4.69, 9.17) is 11.5 Å². The van der Waals surface area contributed by atoms with Gasteiger partial charge < -0.3 is 16.4 Å². The van der Waals surface area contributed by atoms with Crippen LogP contribution in [-0.2, 0) is 4.79 Å². The first kappa shape index (κ1) is 13.5. The molecule has 4 heteroatoms. The molecule has 0 bridgehead atoms. The summed E-state index contributed by atoms with van der Waals surface area (Å²) >= 11 is 0. The number of carbonyl (C=O) groups is 1. The van der Waals surface area contributed by atoms with Gasteiger partial charge in [0.25, 0.3) is 0 Å². The summed E-state index contributed by atoms with van der Waals surface area (Å²) in [7, 11) is 2.02. The van der Waals surface area contributed by atoms with E-state index in [0.29, 0.717) is 6.54 Å². The standard InChI is InChI=1S/C12H25N3O/c1-12(14,11(13)16)9-15(2)8-10-6-4-3-5-7-10/h10H,3-9,14H2,1-2H3,(H2,13,16). The maximum atomic E-state index is 11.1. The molecule has 1 aliphatic rings. The molecule has 0 aromatic rings. The minimum atomic E-state index is -0.913. The number of amides is 1. The molecule has 0 heterocycles. The zero-order valence-electron chi connectivity index (χ0n) is 10.5. The first-order valence-electron chi connectivity index (χ1n) is 6.19. The van der Waals surface area contributed by atoms with Crippen LogP contribution in [0, 0.1) is 5.92 Å². The van der Waals surface area contributed by atoms with Gasteiger partial charge in [0.2, 0.25) is 5.91 Å². The van der Waals surface area contributed by atoms with Gasteiger partial charge >= 0.3 is 0 Å². The number of rotatable bonds is 5. The Bertz CT molecular complexity index is 234. The molecule has 0 radical (unpaired) electrons. The van der Waals surface area contributed by atoms with Crippen LogP contribution >= 0.6 is 0 Å². The molecule has 1 atom stereocenters. The Morgan fingerprint density at radius 1 is 1.38 bits per heavy atom. The molecule has 1 aliphatic carbocycles. The number of likely N-dealkylation sites (N-methyl/N-ethyl adjacent to an activating group) is 1. The molecule has 0 aromatic carbocycles. The number of carbonyl (C=O) groups excluding carboxylic acids is 1. The van der Waals surface area contributed by atoms with Gasteiger partial charge in [0.15, 0.2) is 0 Å². The lowest BCUT2D eigenvalue weighted by molar-refractivity contribution is -0.123. The monoisotopic (exact) mass is 227 g/mol. The van der Waals surface area contributed by atoms with Crippen LogP contribution in [0.3, 0.4) is 0 Å². The van der Waals surface area contributed by atoms with E-state index in [1.165, 1.54) is 32.1 Å². The first-order valence-corrected chi connectivity index (χ1v) is 6.19. The molecule has 16 heavy (non-hydrogen) atoms. The number of primary amides is 1. The highest BCUT2D eigenvalue weighted by Crippen LogP contribution is 2.24. The topological polar surface area (TPSA) is 72.3 Å². The number of nitrogens with zero attached hydrogens (tertiary/aromatic N) is 1. The molecule has 1 saturated carbocycles. The Kier molecular flexibility index (Phi) is 4.74. The van der Waals surface area contributed by atoms with Crippen molar-refractivity contribution in [2.75, 3.05) is 20.1 Å². The second-order valence-corrected chi connectivity index (χ2v) is 5.48. The molecule has 0 aromatic heterocycles. The highest BCUT2D eigenvalue weighted by atomic mass is 16.1. The second-order valence-electron chi connectivity index (χ2n) is 5.48. The average Bonchev–Trinajstić information content (AvgIpc) is 2.17. The summed E-state index contributed by atoms with van der Waals surface area (Å²) in [4.78, 5) is 13.3. The predicted octanol–water partition coefficient (Wildman–Crippen LogP) is 0.701. The number of nitrogens with two attached hydrogens (primary N) is 2. The predicted molar refractivity (Wildman–Crippen MR) is 65.9 cm³/mol. The Hall–Kier alpha value is -0.610. The van der Waals surface area contributed by atoms with E-state index in [1.807, 2.05) is 7.05 Å². The van der Waals surface area contributed by atoms with Gasteiger partial charge in [-0.15, -0.1) is 0 Å². The summed E-state index contributed by atoms with van der Waals surface area (Å²) in [5, 5.41) is 0. The molecule has 0 aliphatic heterocycles. The van der Waals surface area contributed by atoms with Gasteiger partial charge in [-0.1, -0.05) is 19.3 Å². The van der Waals surface area contributed by atoms with Crippen LogP contribution in [0.15, 0.2) is 0 Å². The fourth-order valence-corrected chi connectivity index (χ4v) is 2.51. The minimum absolute atomic E-state index is 0.428. The van der Waals surface area contributed by atoms with Gasteiger partial charge in [-0.3, -0.25) is 4.79 Å². The quantitative estimate of drug-likeness (QED) is 0.726. The van der Waals surface area contributed by atoms with Crippen molar-refractivity contribution < 1.29 is 4.79 Å². The molecule has 0 saturated heterocycles. The summed E-state index contributed by atoms with van der Waals surface area (Å²) in [6.45, 7) is 3.27. The van der Waals surface area contributed by atoms with Gasteiger partial charge in [0, 0.05) is 13.1 Å². The SMILES string of the molecule is CN(CC1CCCCC1)CC(C)(N)C(N)=O. The first-order chi connectivity index (χ1) is 7.42. The smallest absolute Gasteiger partial charge is 0.238 e.